The van der Waals surface area contributed by atoms with E-state index >= 15 is 0 Å². The van der Waals surface area contributed by atoms with Crippen LogP contribution in [0, 0.1) is 5.41 Å². The first-order valence-electron chi connectivity index (χ1n) is 8.04. The van der Waals surface area contributed by atoms with Gasteiger partial charge in [-0.1, -0.05) is 13.8 Å². The Labute approximate surface area is 129 Å². The minimum Gasteiger partial charge on any atom is -0.444 e. The molecule has 1 saturated carbocycles. The number of hydrogen-bond donors (Lipinski definition) is 3. The maximum atomic E-state index is 11.6. The van der Waals surface area contributed by atoms with Crippen molar-refractivity contribution in [3.05, 3.63) is 0 Å². The number of hydrogen-bond acceptors (Lipinski definition) is 4. The number of ether oxygens (including phenoxy) is 1. The highest BCUT2D eigenvalue weighted by Crippen LogP contribution is 2.37. The lowest BCUT2D eigenvalue weighted by molar-refractivity contribution is 0.0526. The van der Waals surface area contributed by atoms with Crippen LogP contribution in [0.15, 0.2) is 0 Å². The van der Waals surface area contributed by atoms with Gasteiger partial charge in [0.15, 0.2) is 0 Å². The van der Waals surface area contributed by atoms with Gasteiger partial charge >= 0.3 is 6.09 Å². The maximum absolute atomic E-state index is 11.6. The highest BCUT2D eigenvalue weighted by Gasteiger charge is 2.31. The summed E-state index contributed by atoms with van der Waals surface area (Å²) in [6, 6.07) is 0.800. The number of rotatable bonds is 6. The summed E-state index contributed by atoms with van der Waals surface area (Å²) in [6.07, 6.45) is 4.14. The van der Waals surface area contributed by atoms with E-state index in [4.69, 9.17) is 10.5 Å². The molecule has 0 aromatic heterocycles. The van der Waals surface area contributed by atoms with Crippen LogP contribution in [0.3, 0.4) is 0 Å². The lowest BCUT2D eigenvalue weighted by Crippen LogP contribution is -2.44. The SMILES string of the molecule is CC1(C)CCC(NC(CN)CCNC(=O)OC(C)(C)C)C1. The molecule has 0 bridgehead atoms. The second kappa shape index (κ2) is 7.45. The molecule has 1 rings (SSSR count). The normalized spacial score (nSPS) is 22.9. The van der Waals surface area contributed by atoms with Gasteiger partial charge in [0, 0.05) is 25.2 Å². The Morgan fingerprint density at radius 2 is 2.10 bits per heavy atom. The van der Waals surface area contributed by atoms with Crippen LogP contribution in [0.4, 0.5) is 4.79 Å². The molecule has 0 aliphatic heterocycles. The van der Waals surface area contributed by atoms with Crippen molar-refractivity contribution in [3.63, 3.8) is 0 Å². The molecule has 1 fully saturated rings. The zero-order valence-electron chi connectivity index (χ0n) is 14.3. The zero-order chi connectivity index (χ0) is 16.1. The molecule has 0 aromatic rings. The van der Waals surface area contributed by atoms with E-state index in [1.165, 1.54) is 19.3 Å². The summed E-state index contributed by atoms with van der Waals surface area (Å²) in [5.74, 6) is 0. The fourth-order valence-electron chi connectivity index (χ4n) is 2.84. The molecular formula is C16H33N3O2. The van der Waals surface area contributed by atoms with Gasteiger partial charge in [0.25, 0.3) is 0 Å². The van der Waals surface area contributed by atoms with Crippen LogP contribution in [-0.4, -0.2) is 36.9 Å². The number of amides is 1. The molecule has 124 valence electrons. The van der Waals surface area contributed by atoms with Crippen molar-refractivity contribution in [3.8, 4) is 0 Å². The molecule has 1 amide bonds. The Bertz CT molecular complexity index is 337. The van der Waals surface area contributed by atoms with E-state index in [0.29, 0.717) is 24.5 Å². The summed E-state index contributed by atoms with van der Waals surface area (Å²) >= 11 is 0. The van der Waals surface area contributed by atoms with E-state index in [1.54, 1.807) is 0 Å². The van der Waals surface area contributed by atoms with E-state index in [-0.39, 0.29) is 12.1 Å². The summed E-state index contributed by atoms with van der Waals surface area (Å²) in [4.78, 5) is 11.6. The molecule has 0 spiro atoms. The lowest BCUT2D eigenvalue weighted by atomic mass is 9.92. The second-order valence-electron chi connectivity index (χ2n) is 7.92. The van der Waals surface area contributed by atoms with Gasteiger partial charge < -0.3 is 21.1 Å². The molecule has 1 aliphatic rings. The number of carbonyl (C=O) groups is 1. The van der Waals surface area contributed by atoms with Crippen molar-refractivity contribution in [2.45, 2.75) is 78.0 Å². The van der Waals surface area contributed by atoms with Crippen molar-refractivity contribution in [2.75, 3.05) is 13.1 Å². The van der Waals surface area contributed by atoms with Crippen LogP contribution >= 0.6 is 0 Å². The molecule has 21 heavy (non-hydrogen) atoms. The molecule has 5 heteroatoms. The maximum Gasteiger partial charge on any atom is 0.407 e. The van der Waals surface area contributed by atoms with Crippen molar-refractivity contribution < 1.29 is 9.53 Å². The smallest absolute Gasteiger partial charge is 0.407 e. The van der Waals surface area contributed by atoms with E-state index in [1.807, 2.05) is 20.8 Å². The summed E-state index contributed by atoms with van der Waals surface area (Å²) in [6.45, 7) is 11.4. The van der Waals surface area contributed by atoms with Crippen LogP contribution < -0.4 is 16.4 Å². The van der Waals surface area contributed by atoms with Gasteiger partial charge in [-0.05, 0) is 51.9 Å². The fourth-order valence-corrected chi connectivity index (χ4v) is 2.84. The topological polar surface area (TPSA) is 76.4 Å². The number of nitrogens with one attached hydrogen (secondary N) is 2. The fraction of sp³-hybridized carbons (Fsp3) is 0.938. The van der Waals surface area contributed by atoms with Crippen molar-refractivity contribution in [1.29, 1.82) is 0 Å². The van der Waals surface area contributed by atoms with Crippen LogP contribution in [0.2, 0.25) is 0 Å². The first-order chi connectivity index (χ1) is 9.61. The van der Waals surface area contributed by atoms with Gasteiger partial charge in [0.05, 0.1) is 0 Å². The molecule has 0 heterocycles. The van der Waals surface area contributed by atoms with Crippen molar-refractivity contribution in [1.82, 2.24) is 10.6 Å². The molecule has 0 aromatic carbocycles. The third-order valence-corrected chi connectivity index (χ3v) is 3.89. The first-order valence-corrected chi connectivity index (χ1v) is 8.04. The predicted molar refractivity (Wildman–Crippen MR) is 86.3 cm³/mol. The average Bonchev–Trinajstić information content (AvgIpc) is 2.65. The van der Waals surface area contributed by atoms with Gasteiger partial charge in [-0.2, -0.15) is 0 Å². The molecule has 0 saturated heterocycles. The Kier molecular flexibility index (Phi) is 6.47. The average molecular weight is 299 g/mol. The monoisotopic (exact) mass is 299 g/mol. The summed E-state index contributed by atoms with van der Waals surface area (Å²) in [7, 11) is 0. The first kappa shape index (κ1) is 18.2. The third kappa shape index (κ3) is 7.67. The lowest BCUT2D eigenvalue weighted by Gasteiger charge is -2.24. The molecular weight excluding hydrogens is 266 g/mol. The Morgan fingerprint density at radius 3 is 2.57 bits per heavy atom. The van der Waals surface area contributed by atoms with Crippen LogP contribution in [0.25, 0.3) is 0 Å². The van der Waals surface area contributed by atoms with Crippen molar-refractivity contribution >= 4 is 6.09 Å². The highest BCUT2D eigenvalue weighted by atomic mass is 16.6. The van der Waals surface area contributed by atoms with Gasteiger partial charge in [0.2, 0.25) is 0 Å². The largest absolute Gasteiger partial charge is 0.444 e. The molecule has 5 nitrogen and oxygen atoms in total. The van der Waals surface area contributed by atoms with E-state index < -0.39 is 5.60 Å². The highest BCUT2D eigenvalue weighted by molar-refractivity contribution is 5.67. The Hall–Kier alpha value is -0.810. The second-order valence-corrected chi connectivity index (χ2v) is 7.92. The zero-order valence-corrected chi connectivity index (χ0v) is 14.3. The molecule has 1 aliphatic carbocycles. The molecule has 2 atom stereocenters. The van der Waals surface area contributed by atoms with Crippen LogP contribution in [0.5, 0.6) is 0 Å². The van der Waals surface area contributed by atoms with Gasteiger partial charge in [-0.25, -0.2) is 4.79 Å². The van der Waals surface area contributed by atoms with Crippen LogP contribution in [-0.2, 0) is 4.74 Å². The van der Waals surface area contributed by atoms with Gasteiger partial charge in [-0.3, -0.25) is 0 Å². The minimum atomic E-state index is -0.453. The van der Waals surface area contributed by atoms with E-state index in [9.17, 15) is 4.79 Å². The number of alkyl carbamates (subject to hydrolysis) is 1. The predicted octanol–water partition coefficient (Wildman–Crippen LogP) is 2.40. The van der Waals surface area contributed by atoms with Crippen molar-refractivity contribution in [2.24, 2.45) is 11.1 Å². The molecule has 4 N–H and O–H groups in total. The summed E-state index contributed by atoms with van der Waals surface area (Å²) < 4.78 is 5.21. The van der Waals surface area contributed by atoms with Gasteiger partial charge in [-0.15, -0.1) is 0 Å². The number of nitrogens with two attached hydrogens (primary N) is 1. The third-order valence-electron chi connectivity index (χ3n) is 3.89. The van der Waals surface area contributed by atoms with Crippen LogP contribution in [0.1, 0.15) is 60.3 Å². The Balaban J connectivity index is 2.24. The van der Waals surface area contributed by atoms with E-state index in [2.05, 4.69) is 24.5 Å². The molecule has 2 unspecified atom stereocenters. The quantitative estimate of drug-likeness (QED) is 0.704. The van der Waals surface area contributed by atoms with Gasteiger partial charge in [0.1, 0.15) is 5.60 Å². The summed E-state index contributed by atoms with van der Waals surface area (Å²) in [5, 5.41) is 6.41. The number of carbonyl (C=O) groups excluding carboxylic acids is 1. The summed E-state index contributed by atoms with van der Waals surface area (Å²) in [5.41, 5.74) is 5.81. The molecule has 0 radical (unpaired) electrons. The standard InChI is InChI=1S/C16H33N3O2/c1-15(2,3)21-14(20)18-9-7-13(11-17)19-12-6-8-16(4,5)10-12/h12-13,19H,6-11,17H2,1-5H3,(H,18,20). The Morgan fingerprint density at radius 1 is 1.43 bits per heavy atom. The van der Waals surface area contributed by atoms with E-state index in [0.717, 1.165) is 6.42 Å². The minimum absolute atomic E-state index is 0.249.